The zero-order chi connectivity index (χ0) is 13.0. The average molecular weight is 242 g/mol. The quantitative estimate of drug-likeness (QED) is 0.635. The van der Waals surface area contributed by atoms with Crippen LogP contribution in [0.5, 0.6) is 0 Å². The molecular weight excluding hydrogens is 228 g/mol. The van der Waals surface area contributed by atoms with Gasteiger partial charge in [0.15, 0.2) is 0 Å². The fraction of sp³-hybridized carbons (Fsp3) is 0.143. The van der Waals surface area contributed by atoms with E-state index in [4.69, 9.17) is 5.11 Å². The summed E-state index contributed by atoms with van der Waals surface area (Å²) in [4.78, 5) is 11.1. The molecule has 2 aromatic carbocycles. The van der Waals surface area contributed by atoms with E-state index in [-0.39, 0.29) is 0 Å². The standard InChI is InChI=1S/C14H14N2O2/c1-10(17)14(18)16-15-9-12-7-4-6-11-5-2-3-8-13(11)12/h2-10,17H,1H3,(H,16,18)/b15-9-/t10-/m0/s1. The summed E-state index contributed by atoms with van der Waals surface area (Å²) < 4.78 is 0. The highest BCUT2D eigenvalue weighted by atomic mass is 16.3. The fourth-order valence-corrected chi connectivity index (χ4v) is 1.62. The van der Waals surface area contributed by atoms with Crippen LogP contribution in [0.2, 0.25) is 0 Å². The second-order valence-electron chi connectivity index (χ2n) is 3.98. The number of nitrogens with one attached hydrogen (secondary N) is 1. The Morgan fingerprint density at radius 2 is 2.00 bits per heavy atom. The number of nitrogens with zero attached hydrogens (tertiary/aromatic N) is 1. The van der Waals surface area contributed by atoms with Crippen LogP contribution in [0.15, 0.2) is 47.6 Å². The molecule has 0 saturated carbocycles. The summed E-state index contributed by atoms with van der Waals surface area (Å²) in [5, 5.41) is 15.0. The molecule has 18 heavy (non-hydrogen) atoms. The highest BCUT2D eigenvalue weighted by molar-refractivity contribution is 5.99. The van der Waals surface area contributed by atoms with Crippen LogP contribution in [-0.4, -0.2) is 23.3 Å². The van der Waals surface area contributed by atoms with E-state index in [0.717, 1.165) is 16.3 Å². The molecular formula is C14H14N2O2. The maximum Gasteiger partial charge on any atom is 0.268 e. The molecule has 2 aromatic rings. The number of carbonyl (C=O) groups excluding carboxylic acids is 1. The van der Waals surface area contributed by atoms with Gasteiger partial charge < -0.3 is 5.11 Å². The Morgan fingerprint density at radius 3 is 2.78 bits per heavy atom. The van der Waals surface area contributed by atoms with Crippen LogP contribution >= 0.6 is 0 Å². The molecule has 0 fully saturated rings. The van der Waals surface area contributed by atoms with Crippen LogP contribution in [0.1, 0.15) is 12.5 Å². The molecule has 1 amide bonds. The van der Waals surface area contributed by atoms with E-state index in [9.17, 15) is 4.79 Å². The van der Waals surface area contributed by atoms with Crippen molar-refractivity contribution in [3.63, 3.8) is 0 Å². The molecule has 4 nitrogen and oxygen atoms in total. The molecule has 0 unspecified atom stereocenters. The lowest BCUT2D eigenvalue weighted by molar-refractivity contribution is -0.128. The van der Waals surface area contributed by atoms with Crippen LogP contribution in [0.4, 0.5) is 0 Å². The molecule has 2 N–H and O–H groups in total. The summed E-state index contributed by atoms with van der Waals surface area (Å²) in [6.45, 7) is 1.39. The second kappa shape index (κ2) is 5.42. The third kappa shape index (κ3) is 2.73. The van der Waals surface area contributed by atoms with Gasteiger partial charge in [-0.1, -0.05) is 42.5 Å². The third-order valence-electron chi connectivity index (χ3n) is 2.58. The Bertz CT molecular complexity index is 586. The highest BCUT2D eigenvalue weighted by Crippen LogP contribution is 2.16. The Balaban J connectivity index is 2.22. The molecule has 0 aliphatic rings. The molecule has 0 spiro atoms. The lowest BCUT2D eigenvalue weighted by atomic mass is 10.1. The first-order valence-electron chi connectivity index (χ1n) is 5.67. The fourth-order valence-electron chi connectivity index (χ4n) is 1.62. The summed E-state index contributed by atoms with van der Waals surface area (Å²) in [5.41, 5.74) is 3.19. The zero-order valence-corrected chi connectivity index (χ0v) is 10.00. The SMILES string of the molecule is C[C@H](O)C(=O)N/N=C\c1cccc2ccccc12. The van der Waals surface area contributed by atoms with Gasteiger partial charge in [-0.2, -0.15) is 5.10 Å². The van der Waals surface area contributed by atoms with Gasteiger partial charge in [-0.15, -0.1) is 0 Å². The van der Waals surface area contributed by atoms with Gasteiger partial charge in [0.05, 0.1) is 6.21 Å². The number of hydrogen-bond acceptors (Lipinski definition) is 3. The van der Waals surface area contributed by atoms with E-state index in [2.05, 4.69) is 10.5 Å². The summed E-state index contributed by atoms with van der Waals surface area (Å²) in [5.74, 6) is -0.522. The minimum absolute atomic E-state index is 0.522. The second-order valence-corrected chi connectivity index (χ2v) is 3.98. The van der Waals surface area contributed by atoms with Crippen molar-refractivity contribution in [2.75, 3.05) is 0 Å². The van der Waals surface area contributed by atoms with Crippen molar-refractivity contribution in [1.29, 1.82) is 0 Å². The molecule has 0 bridgehead atoms. The van der Waals surface area contributed by atoms with E-state index in [1.165, 1.54) is 6.92 Å². The molecule has 0 aliphatic carbocycles. The van der Waals surface area contributed by atoms with Crippen LogP contribution in [0.25, 0.3) is 10.8 Å². The first kappa shape index (κ1) is 12.3. The summed E-state index contributed by atoms with van der Waals surface area (Å²) in [6.07, 6.45) is 0.512. The summed E-state index contributed by atoms with van der Waals surface area (Å²) in [6, 6.07) is 13.8. The first-order chi connectivity index (χ1) is 8.68. The summed E-state index contributed by atoms with van der Waals surface area (Å²) in [7, 11) is 0. The van der Waals surface area contributed by atoms with Gasteiger partial charge in [-0.25, -0.2) is 5.43 Å². The number of carbonyl (C=O) groups is 1. The maximum absolute atomic E-state index is 11.1. The van der Waals surface area contributed by atoms with Crippen LogP contribution in [-0.2, 0) is 4.79 Å². The lowest BCUT2D eigenvalue weighted by Gasteiger charge is -2.03. The number of aliphatic hydroxyl groups excluding tert-OH is 1. The Morgan fingerprint density at radius 1 is 1.28 bits per heavy atom. The topological polar surface area (TPSA) is 61.7 Å². The number of hydrogen-bond donors (Lipinski definition) is 2. The zero-order valence-electron chi connectivity index (χ0n) is 10.00. The van der Waals surface area contributed by atoms with Crippen molar-refractivity contribution in [1.82, 2.24) is 5.43 Å². The van der Waals surface area contributed by atoms with Crippen molar-refractivity contribution < 1.29 is 9.90 Å². The largest absolute Gasteiger partial charge is 0.383 e. The minimum Gasteiger partial charge on any atom is -0.383 e. The average Bonchev–Trinajstić information content (AvgIpc) is 2.38. The molecule has 0 aliphatic heterocycles. The van der Waals surface area contributed by atoms with E-state index in [0.29, 0.717) is 0 Å². The van der Waals surface area contributed by atoms with Gasteiger partial charge in [-0.05, 0) is 17.7 Å². The van der Waals surface area contributed by atoms with Crippen molar-refractivity contribution in [3.8, 4) is 0 Å². The van der Waals surface area contributed by atoms with Crippen molar-refractivity contribution in [2.45, 2.75) is 13.0 Å². The van der Waals surface area contributed by atoms with E-state index in [1.54, 1.807) is 6.21 Å². The molecule has 0 aromatic heterocycles. The Kier molecular flexibility index (Phi) is 3.69. The van der Waals surface area contributed by atoms with E-state index in [1.807, 2.05) is 42.5 Å². The van der Waals surface area contributed by atoms with Gasteiger partial charge in [-0.3, -0.25) is 4.79 Å². The summed E-state index contributed by atoms with van der Waals surface area (Å²) >= 11 is 0. The monoisotopic (exact) mass is 242 g/mol. The van der Waals surface area contributed by atoms with E-state index < -0.39 is 12.0 Å². The van der Waals surface area contributed by atoms with Gasteiger partial charge in [0.2, 0.25) is 0 Å². The number of benzene rings is 2. The molecule has 1 atom stereocenters. The molecule has 0 saturated heterocycles. The predicted molar refractivity (Wildman–Crippen MR) is 71.4 cm³/mol. The Labute approximate surface area is 105 Å². The first-order valence-corrected chi connectivity index (χ1v) is 5.67. The number of rotatable bonds is 3. The van der Waals surface area contributed by atoms with Crippen molar-refractivity contribution in [2.24, 2.45) is 5.10 Å². The predicted octanol–water partition coefficient (Wildman–Crippen LogP) is 1.67. The number of hydrazone groups is 1. The molecule has 92 valence electrons. The van der Waals surface area contributed by atoms with Gasteiger partial charge >= 0.3 is 0 Å². The molecule has 0 radical (unpaired) electrons. The number of aliphatic hydroxyl groups is 1. The molecule has 0 heterocycles. The van der Waals surface area contributed by atoms with Crippen LogP contribution in [0, 0.1) is 0 Å². The van der Waals surface area contributed by atoms with Gasteiger partial charge in [0.1, 0.15) is 6.10 Å². The lowest BCUT2D eigenvalue weighted by Crippen LogP contribution is -2.28. The van der Waals surface area contributed by atoms with Crippen molar-refractivity contribution >= 4 is 22.9 Å². The Hall–Kier alpha value is -2.20. The normalized spacial score (nSPS) is 12.8. The molecule has 2 rings (SSSR count). The number of amides is 1. The smallest absolute Gasteiger partial charge is 0.268 e. The highest BCUT2D eigenvalue weighted by Gasteiger charge is 2.05. The van der Waals surface area contributed by atoms with Crippen LogP contribution < -0.4 is 5.43 Å². The number of fused-ring (bicyclic) bond motifs is 1. The van der Waals surface area contributed by atoms with Gasteiger partial charge in [0, 0.05) is 5.56 Å². The van der Waals surface area contributed by atoms with Crippen LogP contribution in [0.3, 0.4) is 0 Å². The molecule has 4 heteroatoms. The van der Waals surface area contributed by atoms with Crippen molar-refractivity contribution in [3.05, 3.63) is 48.0 Å². The third-order valence-corrected chi connectivity index (χ3v) is 2.58. The minimum atomic E-state index is -1.06. The van der Waals surface area contributed by atoms with Gasteiger partial charge in [0.25, 0.3) is 5.91 Å². The van der Waals surface area contributed by atoms with E-state index >= 15 is 0 Å². The maximum atomic E-state index is 11.1.